The van der Waals surface area contributed by atoms with E-state index in [0.29, 0.717) is 0 Å². The van der Waals surface area contributed by atoms with Crippen LogP contribution in [0, 0.1) is 0 Å². The second-order valence-electron chi connectivity index (χ2n) is 6.33. The third kappa shape index (κ3) is 7.84. The maximum atomic E-state index is 10.9. The Morgan fingerprint density at radius 1 is 1.04 bits per heavy atom. The molecule has 1 aliphatic rings. The molecular weight excluding hydrogens is 316 g/mol. The van der Waals surface area contributed by atoms with Gasteiger partial charge in [0.2, 0.25) is 0 Å². The average molecular weight is 344 g/mol. The SMILES string of the molecule is C=CC(=O)OC(C)c1ccccc1.C=CC(=O)OC1(C)CCCCC1. The molecule has 0 saturated heterocycles. The van der Waals surface area contributed by atoms with Crippen molar-refractivity contribution in [2.24, 2.45) is 0 Å². The van der Waals surface area contributed by atoms with Crippen LogP contribution in [0.2, 0.25) is 0 Å². The van der Waals surface area contributed by atoms with Crippen molar-refractivity contribution in [3.8, 4) is 0 Å². The standard InChI is InChI=1S/C11H12O2.C10H16O2/c1-3-11(12)13-9(2)10-7-5-4-6-8-10;1-3-9(11)12-10(2)7-5-4-6-8-10/h3-9H,1H2,2H3;3H,1,4-8H2,2H3. The monoisotopic (exact) mass is 344 g/mol. The molecule has 1 saturated carbocycles. The number of carbonyl (C=O) groups excluding carboxylic acids is 2. The van der Waals surface area contributed by atoms with Crippen molar-refractivity contribution in [2.75, 3.05) is 0 Å². The Morgan fingerprint density at radius 3 is 2.12 bits per heavy atom. The summed E-state index contributed by atoms with van der Waals surface area (Å²) in [6.07, 6.45) is 7.77. The minimum atomic E-state index is -0.392. The van der Waals surface area contributed by atoms with Gasteiger partial charge in [-0.1, -0.05) is 49.9 Å². The first kappa shape index (κ1) is 20.7. The first-order chi connectivity index (χ1) is 11.9. The van der Waals surface area contributed by atoms with Crippen molar-refractivity contribution in [3.05, 3.63) is 61.2 Å². The van der Waals surface area contributed by atoms with Gasteiger partial charge in [-0.05, 0) is 45.1 Å². The van der Waals surface area contributed by atoms with Crippen molar-refractivity contribution >= 4 is 11.9 Å². The van der Waals surface area contributed by atoms with E-state index in [1.165, 1.54) is 31.4 Å². The molecule has 0 radical (unpaired) electrons. The minimum Gasteiger partial charge on any atom is -0.456 e. The predicted octanol–water partition coefficient (Wildman–Crippen LogP) is 4.92. The van der Waals surface area contributed by atoms with Crippen LogP contribution in [-0.4, -0.2) is 17.5 Å². The topological polar surface area (TPSA) is 52.6 Å². The fourth-order valence-corrected chi connectivity index (χ4v) is 2.70. The Hall–Kier alpha value is -2.36. The van der Waals surface area contributed by atoms with Crippen molar-refractivity contribution in [3.63, 3.8) is 0 Å². The molecule has 1 fully saturated rings. The first-order valence-corrected chi connectivity index (χ1v) is 8.63. The van der Waals surface area contributed by atoms with Gasteiger partial charge >= 0.3 is 11.9 Å². The molecule has 0 bridgehead atoms. The van der Waals surface area contributed by atoms with E-state index >= 15 is 0 Å². The van der Waals surface area contributed by atoms with Gasteiger partial charge < -0.3 is 9.47 Å². The molecule has 136 valence electrons. The zero-order chi connectivity index (χ0) is 18.7. The molecule has 0 heterocycles. The van der Waals surface area contributed by atoms with Crippen LogP contribution >= 0.6 is 0 Å². The molecule has 0 aliphatic heterocycles. The van der Waals surface area contributed by atoms with Gasteiger partial charge in [0.25, 0.3) is 0 Å². The molecule has 0 spiro atoms. The van der Waals surface area contributed by atoms with Crippen molar-refractivity contribution in [1.82, 2.24) is 0 Å². The van der Waals surface area contributed by atoms with E-state index in [2.05, 4.69) is 13.2 Å². The Kier molecular flexibility index (Phi) is 8.68. The largest absolute Gasteiger partial charge is 0.456 e. The van der Waals surface area contributed by atoms with Crippen LogP contribution in [0.1, 0.15) is 57.6 Å². The molecule has 2 rings (SSSR count). The molecule has 1 atom stereocenters. The van der Waals surface area contributed by atoms with Crippen LogP contribution in [0.3, 0.4) is 0 Å². The van der Waals surface area contributed by atoms with Gasteiger partial charge in [-0.2, -0.15) is 0 Å². The van der Waals surface area contributed by atoms with Gasteiger partial charge in [0.1, 0.15) is 11.7 Å². The summed E-state index contributed by atoms with van der Waals surface area (Å²) in [5, 5.41) is 0. The van der Waals surface area contributed by atoms with Crippen LogP contribution in [-0.2, 0) is 19.1 Å². The third-order valence-corrected chi connectivity index (χ3v) is 4.15. The van der Waals surface area contributed by atoms with E-state index in [9.17, 15) is 9.59 Å². The van der Waals surface area contributed by atoms with Crippen molar-refractivity contribution < 1.29 is 19.1 Å². The lowest BCUT2D eigenvalue weighted by Gasteiger charge is -2.32. The van der Waals surface area contributed by atoms with Gasteiger partial charge in [-0.25, -0.2) is 9.59 Å². The summed E-state index contributed by atoms with van der Waals surface area (Å²) in [5.74, 6) is -0.684. The van der Waals surface area contributed by atoms with Gasteiger partial charge in [0.15, 0.2) is 0 Å². The van der Waals surface area contributed by atoms with Gasteiger partial charge in [0.05, 0.1) is 0 Å². The minimum absolute atomic E-state index is 0.216. The molecule has 4 nitrogen and oxygen atoms in total. The second kappa shape index (κ2) is 10.5. The van der Waals surface area contributed by atoms with Gasteiger partial charge in [-0.3, -0.25) is 0 Å². The fraction of sp³-hybridized carbons (Fsp3) is 0.429. The summed E-state index contributed by atoms with van der Waals surface area (Å²) in [4.78, 5) is 21.8. The Bertz CT molecular complexity index is 571. The Morgan fingerprint density at radius 2 is 1.60 bits per heavy atom. The number of hydrogen-bond acceptors (Lipinski definition) is 4. The van der Waals surface area contributed by atoms with Crippen LogP contribution < -0.4 is 0 Å². The summed E-state index contributed by atoms with van der Waals surface area (Å²) in [5.41, 5.74) is 0.765. The predicted molar refractivity (Wildman–Crippen MR) is 98.9 cm³/mol. The molecule has 1 aromatic rings. The number of benzene rings is 1. The lowest BCUT2D eigenvalue weighted by Crippen LogP contribution is -2.33. The highest BCUT2D eigenvalue weighted by Crippen LogP contribution is 2.31. The molecule has 0 N–H and O–H groups in total. The smallest absolute Gasteiger partial charge is 0.330 e. The second-order valence-corrected chi connectivity index (χ2v) is 6.33. The van der Waals surface area contributed by atoms with Crippen molar-refractivity contribution in [1.29, 1.82) is 0 Å². The highest BCUT2D eigenvalue weighted by atomic mass is 16.6. The average Bonchev–Trinajstić information content (AvgIpc) is 2.63. The summed E-state index contributed by atoms with van der Waals surface area (Å²) >= 11 is 0. The molecule has 1 unspecified atom stereocenters. The quantitative estimate of drug-likeness (QED) is 0.562. The van der Waals surface area contributed by atoms with Crippen molar-refractivity contribution in [2.45, 2.75) is 57.7 Å². The molecule has 4 heteroatoms. The summed E-state index contributed by atoms with van der Waals surface area (Å²) in [6, 6.07) is 9.58. The first-order valence-electron chi connectivity index (χ1n) is 8.63. The van der Waals surface area contributed by atoms with E-state index < -0.39 is 5.97 Å². The summed E-state index contributed by atoms with van der Waals surface area (Å²) in [7, 11) is 0. The zero-order valence-corrected chi connectivity index (χ0v) is 15.2. The third-order valence-electron chi connectivity index (χ3n) is 4.15. The molecule has 0 aromatic heterocycles. The molecule has 25 heavy (non-hydrogen) atoms. The molecular formula is C21H28O4. The van der Waals surface area contributed by atoms with Crippen LogP contribution in [0.15, 0.2) is 55.6 Å². The highest BCUT2D eigenvalue weighted by Gasteiger charge is 2.29. The Labute approximate surface area is 150 Å². The number of rotatable bonds is 5. The number of esters is 2. The van der Waals surface area contributed by atoms with Gasteiger partial charge in [-0.15, -0.1) is 0 Å². The van der Waals surface area contributed by atoms with E-state index in [-0.39, 0.29) is 17.7 Å². The van der Waals surface area contributed by atoms with Crippen LogP contribution in [0.4, 0.5) is 0 Å². The molecule has 1 aliphatic carbocycles. The van der Waals surface area contributed by atoms with Crippen LogP contribution in [0.5, 0.6) is 0 Å². The molecule has 0 amide bonds. The summed E-state index contributed by atoms with van der Waals surface area (Å²) in [6.45, 7) is 10.6. The van der Waals surface area contributed by atoms with E-state index in [1.54, 1.807) is 0 Å². The van der Waals surface area contributed by atoms with Crippen LogP contribution in [0.25, 0.3) is 0 Å². The highest BCUT2D eigenvalue weighted by molar-refractivity contribution is 5.81. The maximum Gasteiger partial charge on any atom is 0.330 e. The van der Waals surface area contributed by atoms with E-state index in [4.69, 9.17) is 9.47 Å². The van der Waals surface area contributed by atoms with E-state index in [1.807, 2.05) is 44.2 Å². The number of carbonyl (C=O) groups is 2. The lowest BCUT2D eigenvalue weighted by atomic mass is 9.86. The molecule has 1 aromatic carbocycles. The number of hydrogen-bond donors (Lipinski definition) is 0. The maximum absolute atomic E-state index is 10.9. The Balaban J connectivity index is 0.000000251. The fourth-order valence-electron chi connectivity index (χ4n) is 2.70. The number of ether oxygens (including phenoxy) is 2. The normalized spacial score (nSPS) is 16.4. The summed E-state index contributed by atoms with van der Waals surface area (Å²) < 4.78 is 10.3. The van der Waals surface area contributed by atoms with Gasteiger partial charge in [0, 0.05) is 12.2 Å². The lowest BCUT2D eigenvalue weighted by molar-refractivity contribution is -0.154. The van der Waals surface area contributed by atoms with E-state index in [0.717, 1.165) is 18.4 Å². The zero-order valence-electron chi connectivity index (χ0n) is 15.2.